The molecule has 0 saturated carbocycles. The highest BCUT2D eigenvalue weighted by Gasteiger charge is 2.25. The van der Waals surface area contributed by atoms with Gasteiger partial charge in [-0.05, 0) is 17.7 Å². The maximum Gasteiger partial charge on any atom is 0.338 e. The van der Waals surface area contributed by atoms with Crippen molar-refractivity contribution in [2.24, 2.45) is 0 Å². The molecule has 0 fully saturated rings. The maximum atomic E-state index is 13.0. The van der Waals surface area contributed by atoms with Gasteiger partial charge in [0.1, 0.15) is 17.4 Å². The van der Waals surface area contributed by atoms with E-state index in [1.807, 2.05) is 60.7 Å². The second kappa shape index (κ2) is 9.02. The first kappa shape index (κ1) is 20.6. The van der Waals surface area contributed by atoms with E-state index >= 15 is 0 Å². The Kier molecular flexibility index (Phi) is 5.82. The molecule has 0 unspecified atom stereocenters. The van der Waals surface area contributed by atoms with E-state index in [1.54, 1.807) is 12.1 Å². The number of ether oxygens (including phenoxy) is 1. The van der Waals surface area contributed by atoms with E-state index in [0.717, 1.165) is 11.1 Å². The molecule has 156 valence electrons. The summed E-state index contributed by atoms with van der Waals surface area (Å²) in [4.78, 5) is 25.1. The third kappa shape index (κ3) is 3.87. The number of carbonyl (C=O) groups is 2. The van der Waals surface area contributed by atoms with E-state index in [2.05, 4.69) is 11.4 Å². The van der Waals surface area contributed by atoms with Crippen LogP contribution in [0.5, 0.6) is 0 Å². The molecule has 6 heteroatoms. The summed E-state index contributed by atoms with van der Waals surface area (Å²) in [5, 5.41) is 12.6. The molecule has 32 heavy (non-hydrogen) atoms. The van der Waals surface area contributed by atoms with E-state index < -0.39 is 11.9 Å². The molecule has 0 bridgehead atoms. The van der Waals surface area contributed by atoms with Crippen molar-refractivity contribution in [3.63, 3.8) is 0 Å². The molecule has 1 N–H and O–H groups in total. The van der Waals surface area contributed by atoms with E-state index in [1.165, 1.54) is 19.2 Å². The van der Waals surface area contributed by atoms with Crippen LogP contribution >= 0.6 is 0 Å². The molecule has 1 amide bonds. The second-order valence-electron chi connectivity index (χ2n) is 6.85. The number of benzene rings is 3. The lowest BCUT2D eigenvalue weighted by Gasteiger charge is -2.07. The molecule has 1 heterocycles. The Hall–Kier alpha value is -4.63. The third-order valence-corrected chi connectivity index (χ3v) is 4.92. The minimum absolute atomic E-state index is 0.00914. The molecule has 4 rings (SSSR count). The van der Waals surface area contributed by atoms with Crippen molar-refractivity contribution >= 4 is 17.8 Å². The van der Waals surface area contributed by atoms with E-state index in [9.17, 15) is 14.9 Å². The Morgan fingerprint density at radius 3 is 2.00 bits per heavy atom. The molecule has 6 nitrogen and oxygen atoms in total. The van der Waals surface area contributed by atoms with Crippen molar-refractivity contribution in [2.45, 2.75) is 0 Å². The lowest BCUT2D eigenvalue weighted by molar-refractivity contribution is 0.0597. The summed E-state index contributed by atoms with van der Waals surface area (Å²) < 4.78 is 10.8. The number of furan rings is 1. The van der Waals surface area contributed by atoms with Gasteiger partial charge in [-0.3, -0.25) is 10.1 Å². The second-order valence-corrected chi connectivity index (χ2v) is 6.85. The van der Waals surface area contributed by atoms with Crippen LogP contribution in [0.3, 0.4) is 0 Å². The first-order chi connectivity index (χ1) is 15.6. The van der Waals surface area contributed by atoms with Crippen LogP contribution in [0.4, 0.5) is 5.88 Å². The normalized spacial score (nSPS) is 10.2. The molecular formula is C26H18N2O4. The Balaban J connectivity index is 1.83. The molecule has 0 saturated heterocycles. The minimum Gasteiger partial charge on any atom is -0.465 e. The molecule has 0 aliphatic carbocycles. The Labute approximate surface area is 184 Å². The highest BCUT2D eigenvalue weighted by molar-refractivity contribution is 6.11. The van der Waals surface area contributed by atoms with Gasteiger partial charge in [-0.2, -0.15) is 5.26 Å². The number of hydrogen-bond donors (Lipinski definition) is 1. The Morgan fingerprint density at radius 1 is 0.844 bits per heavy atom. The summed E-state index contributed by atoms with van der Waals surface area (Å²) >= 11 is 0. The number of hydrogen-bond acceptors (Lipinski definition) is 5. The van der Waals surface area contributed by atoms with Crippen molar-refractivity contribution in [1.29, 1.82) is 5.26 Å². The van der Waals surface area contributed by atoms with Gasteiger partial charge in [-0.15, -0.1) is 0 Å². The molecule has 4 aromatic rings. The molecule has 0 spiro atoms. The highest BCUT2D eigenvalue weighted by Crippen LogP contribution is 2.41. The fourth-order valence-corrected chi connectivity index (χ4v) is 3.44. The minimum atomic E-state index is -0.634. The van der Waals surface area contributed by atoms with Crippen LogP contribution in [0.15, 0.2) is 89.3 Å². The SMILES string of the molecule is COC(=O)c1ccccc1C(=O)Nc1oc(-c2ccccc2)c(-c2ccccc2)c1C#N. The molecule has 1 aromatic heterocycles. The van der Waals surface area contributed by atoms with Crippen LogP contribution in [0, 0.1) is 11.3 Å². The van der Waals surface area contributed by atoms with Gasteiger partial charge in [0.25, 0.3) is 5.91 Å². The van der Waals surface area contributed by atoms with Crippen LogP contribution in [0.2, 0.25) is 0 Å². The summed E-state index contributed by atoms with van der Waals surface area (Å²) in [6.45, 7) is 0. The van der Waals surface area contributed by atoms with Gasteiger partial charge < -0.3 is 9.15 Å². The van der Waals surface area contributed by atoms with Crippen molar-refractivity contribution in [3.8, 4) is 28.5 Å². The lowest BCUT2D eigenvalue weighted by Crippen LogP contribution is -2.17. The van der Waals surface area contributed by atoms with Crippen LogP contribution in [-0.2, 0) is 4.74 Å². The number of carbonyl (C=O) groups excluding carboxylic acids is 2. The van der Waals surface area contributed by atoms with Crippen molar-refractivity contribution in [1.82, 2.24) is 0 Å². The van der Waals surface area contributed by atoms with Gasteiger partial charge in [0, 0.05) is 11.1 Å². The fraction of sp³-hybridized carbons (Fsp3) is 0.0385. The number of nitrogens with zero attached hydrogens (tertiary/aromatic N) is 1. The van der Waals surface area contributed by atoms with Crippen molar-refractivity contribution in [3.05, 3.63) is 102 Å². The zero-order valence-corrected chi connectivity index (χ0v) is 17.2. The number of rotatable bonds is 5. The summed E-state index contributed by atoms with van der Waals surface area (Å²) in [6.07, 6.45) is 0. The zero-order valence-electron chi connectivity index (χ0n) is 17.2. The summed E-state index contributed by atoms with van der Waals surface area (Å²) in [7, 11) is 1.25. The topological polar surface area (TPSA) is 92.3 Å². The quantitative estimate of drug-likeness (QED) is 0.427. The van der Waals surface area contributed by atoms with Crippen LogP contribution in [0.1, 0.15) is 26.3 Å². The zero-order chi connectivity index (χ0) is 22.5. The predicted molar refractivity (Wildman–Crippen MR) is 120 cm³/mol. The average molecular weight is 422 g/mol. The van der Waals surface area contributed by atoms with E-state index in [4.69, 9.17) is 9.15 Å². The molecule has 3 aromatic carbocycles. The van der Waals surface area contributed by atoms with Crippen molar-refractivity contribution in [2.75, 3.05) is 12.4 Å². The van der Waals surface area contributed by atoms with Gasteiger partial charge in [0.2, 0.25) is 5.88 Å². The third-order valence-electron chi connectivity index (χ3n) is 4.92. The largest absolute Gasteiger partial charge is 0.465 e. The molecular weight excluding hydrogens is 404 g/mol. The standard InChI is InChI=1S/C26H18N2O4/c1-31-26(30)20-15-9-8-14-19(20)24(29)28-25-21(16-27)22(17-10-4-2-5-11-17)23(32-25)18-12-6-3-7-13-18/h2-15H,1H3,(H,28,29). The molecule has 0 radical (unpaired) electrons. The number of nitriles is 1. The van der Waals surface area contributed by atoms with E-state index in [-0.39, 0.29) is 22.6 Å². The first-order valence-electron chi connectivity index (χ1n) is 9.80. The monoisotopic (exact) mass is 422 g/mol. The molecule has 0 aliphatic rings. The smallest absolute Gasteiger partial charge is 0.338 e. The van der Waals surface area contributed by atoms with Crippen LogP contribution in [-0.4, -0.2) is 19.0 Å². The van der Waals surface area contributed by atoms with Gasteiger partial charge >= 0.3 is 5.97 Å². The lowest BCUT2D eigenvalue weighted by atomic mass is 9.98. The fourth-order valence-electron chi connectivity index (χ4n) is 3.44. The van der Waals surface area contributed by atoms with Gasteiger partial charge in [-0.25, -0.2) is 4.79 Å². The van der Waals surface area contributed by atoms with Gasteiger partial charge in [0.15, 0.2) is 0 Å². The highest BCUT2D eigenvalue weighted by atomic mass is 16.5. The van der Waals surface area contributed by atoms with Gasteiger partial charge in [0.05, 0.1) is 18.2 Å². The average Bonchev–Trinajstić information content (AvgIpc) is 3.22. The maximum absolute atomic E-state index is 13.0. The summed E-state index contributed by atoms with van der Waals surface area (Å²) in [5.74, 6) is -0.749. The number of anilines is 1. The van der Waals surface area contributed by atoms with Crippen LogP contribution < -0.4 is 5.32 Å². The molecule has 0 aliphatic heterocycles. The van der Waals surface area contributed by atoms with E-state index in [0.29, 0.717) is 11.3 Å². The number of esters is 1. The predicted octanol–water partition coefficient (Wildman–Crippen LogP) is 5.52. The van der Waals surface area contributed by atoms with Gasteiger partial charge in [-0.1, -0.05) is 72.8 Å². The van der Waals surface area contributed by atoms with Crippen molar-refractivity contribution < 1.29 is 18.7 Å². The summed E-state index contributed by atoms with van der Waals surface area (Å²) in [6, 6.07) is 27.1. The number of nitrogens with one attached hydrogen (secondary N) is 1. The summed E-state index contributed by atoms with van der Waals surface area (Å²) in [5.41, 5.74) is 2.54. The first-order valence-corrected chi connectivity index (χ1v) is 9.80. The number of methoxy groups -OCH3 is 1. The Morgan fingerprint density at radius 2 is 1.41 bits per heavy atom. The number of amides is 1. The van der Waals surface area contributed by atoms with Crippen LogP contribution in [0.25, 0.3) is 22.5 Å². The Bertz CT molecular complexity index is 1320. The molecule has 0 atom stereocenters.